The smallest absolute Gasteiger partial charge is 0.147 e. The molecule has 2 fully saturated rings. The van der Waals surface area contributed by atoms with E-state index in [1.54, 1.807) is 22.3 Å². The summed E-state index contributed by atoms with van der Waals surface area (Å²) in [5.41, 5.74) is 21.3. The number of aryl methyl sites for hydroxylation is 4. The Kier molecular flexibility index (Phi) is 12.7. The number of halogens is 2. The molecule has 0 radical (unpaired) electrons. The average molecular weight is 855 g/mol. The molecule has 0 N–H and O–H groups in total. The van der Waals surface area contributed by atoms with Crippen molar-refractivity contribution < 1.29 is 17.4 Å². The van der Waals surface area contributed by atoms with Crippen molar-refractivity contribution in [1.29, 1.82) is 0 Å². The fraction of sp³-hybridized carbons (Fsp3) is 0.440. The number of benzene rings is 4. The first-order valence-corrected chi connectivity index (χ1v) is 33.9. The van der Waals surface area contributed by atoms with E-state index in [0.717, 1.165) is 11.8 Å². The Morgan fingerprint density at radius 2 is 0.944 bits per heavy atom. The van der Waals surface area contributed by atoms with Gasteiger partial charge in [0.25, 0.3) is 0 Å². The van der Waals surface area contributed by atoms with Gasteiger partial charge in [0.05, 0.1) is 0 Å². The molecule has 2 saturated carbocycles. The first-order valence-electron chi connectivity index (χ1n) is 20.9. The Bertz CT molecular complexity index is 1980. The summed E-state index contributed by atoms with van der Waals surface area (Å²) in [6, 6.07) is 29.3. The second-order valence-corrected chi connectivity index (χ2v) is 47.1. The van der Waals surface area contributed by atoms with Crippen LogP contribution in [0.1, 0.15) is 129 Å². The van der Waals surface area contributed by atoms with E-state index in [4.69, 9.17) is 0 Å². The number of allylic oxidation sites excluding steroid dienone is 2. The zero-order chi connectivity index (χ0) is 36.2. The minimum atomic E-state index is -3.90. The Hall–Kier alpha value is -1.96. The molecule has 0 spiro atoms. The van der Waals surface area contributed by atoms with Crippen molar-refractivity contribution in [2.24, 2.45) is 11.8 Å². The predicted molar refractivity (Wildman–Crippen MR) is 241 cm³/mol. The van der Waals surface area contributed by atoms with Gasteiger partial charge < -0.3 is 0 Å². The molecule has 0 amide bonds. The molecule has 4 heteroatoms. The quantitative estimate of drug-likeness (QED) is 0.139. The number of fused-ring (bicyclic) bond motifs is 2. The molecule has 0 aliphatic heterocycles. The Labute approximate surface area is 342 Å². The van der Waals surface area contributed by atoms with Crippen molar-refractivity contribution in [1.82, 2.24) is 0 Å². The van der Waals surface area contributed by atoms with Gasteiger partial charge in [0.2, 0.25) is 0 Å². The summed E-state index contributed by atoms with van der Waals surface area (Å²) in [5, 5.41) is 0. The van der Waals surface area contributed by atoms with E-state index in [-0.39, 0.29) is 24.8 Å². The minimum Gasteiger partial charge on any atom is -0.147 e. The van der Waals surface area contributed by atoms with Crippen LogP contribution in [0.3, 0.4) is 0 Å². The molecule has 2 atom stereocenters. The van der Waals surface area contributed by atoms with Crippen molar-refractivity contribution >= 4 is 43.8 Å². The molecule has 0 nitrogen and oxygen atoms in total. The van der Waals surface area contributed by atoms with Gasteiger partial charge in [-0.2, -0.15) is 0 Å². The van der Waals surface area contributed by atoms with E-state index in [2.05, 4.69) is 131 Å². The van der Waals surface area contributed by atoms with E-state index >= 15 is 0 Å². The number of hydrogen-bond acceptors (Lipinski definition) is 0. The summed E-state index contributed by atoms with van der Waals surface area (Å²) < 4.78 is 5.57. The third kappa shape index (κ3) is 7.70. The molecule has 54 heavy (non-hydrogen) atoms. The maximum Gasteiger partial charge on any atom is -0.147 e. The second-order valence-electron chi connectivity index (χ2n) is 18.7. The summed E-state index contributed by atoms with van der Waals surface area (Å²) in [6.45, 7) is 14.2. The molecule has 0 saturated heterocycles. The van der Waals surface area contributed by atoms with Gasteiger partial charge in [-0.1, -0.05) is 0 Å². The number of rotatable bonds is 10. The summed E-state index contributed by atoms with van der Waals surface area (Å²) in [6.07, 6.45) is 20.7. The summed E-state index contributed by atoms with van der Waals surface area (Å²) in [5.74, 6) is 1.69. The van der Waals surface area contributed by atoms with Gasteiger partial charge in [0.15, 0.2) is 0 Å². The third-order valence-corrected chi connectivity index (χ3v) is 37.6. The molecule has 8 rings (SSSR count). The monoisotopic (exact) mass is 852 g/mol. The van der Waals surface area contributed by atoms with Crippen LogP contribution in [-0.2, 0) is 17.4 Å². The second kappa shape index (κ2) is 16.5. The van der Waals surface area contributed by atoms with Crippen LogP contribution in [0, 0.1) is 39.5 Å². The third-order valence-electron chi connectivity index (χ3n) is 14.1. The molecule has 4 aliphatic rings. The molecular formula is C50H64Cl2SiZr. The van der Waals surface area contributed by atoms with Gasteiger partial charge >= 0.3 is 320 Å². The van der Waals surface area contributed by atoms with Gasteiger partial charge in [0.1, 0.15) is 0 Å². The topological polar surface area (TPSA) is 0 Å². The standard InChI is InChI=1S/2C23H25.C3H7.CH3.2ClH.H2Si.Zr/c2*1-16-10-17(2)12-21(11-16)22-9-5-8-20-14-19(15-23(20)22)13-18-6-3-4-7-18;1-3-2;;;;;/h2*5,8-12,14-15,18H,3-4,6-7,13H2,1-2H3;1,3H2,2H3;1H3;2*1H;1H2;. The molecule has 2 unspecified atom stereocenters. The van der Waals surface area contributed by atoms with Gasteiger partial charge in [-0.3, -0.25) is 0 Å². The maximum atomic E-state index is 2.97. The van der Waals surface area contributed by atoms with E-state index in [0.29, 0.717) is 7.25 Å². The van der Waals surface area contributed by atoms with E-state index in [1.165, 1.54) is 119 Å². The summed E-state index contributed by atoms with van der Waals surface area (Å²) in [4.78, 5) is 0. The minimum absolute atomic E-state index is 0. The van der Waals surface area contributed by atoms with Gasteiger partial charge in [0, 0.05) is 0 Å². The number of hydrogen-bond donors (Lipinski definition) is 0. The van der Waals surface area contributed by atoms with Crippen LogP contribution in [0.15, 0.2) is 83.9 Å². The van der Waals surface area contributed by atoms with Crippen molar-refractivity contribution in [2.45, 2.75) is 121 Å². The van der Waals surface area contributed by atoms with E-state index < -0.39 is 17.4 Å². The fourth-order valence-corrected chi connectivity index (χ4v) is 38.2. The van der Waals surface area contributed by atoms with Crippen molar-refractivity contribution in [3.63, 3.8) is 0 Å². The van der Waals surface area contributed by atoms with Gasteiger partial charge in [-0.05, 0) is 0 Å². The van der Waals surface area contributed by atoms with Crippen LogP contribution in [0.2, 0.25) is 8.76 Å². The SMILES string of the molecule is CC[CH2][Zr]([CH3])(=[SiH2])([CH]1C(CC2CCCC2)=Cc2c(-c3cc(C)cc(C)c3)cccc21)[CH]1C(CC2CCCC2)=Cc2c(-c3cc(C)cc(C)c3)cccc21.Cl.Cl. The summed E-state index contributed by atoms with van der Waals surface area (Å²) in [7, 11) is 0. The first-order chi connectivity index (χ1) is 25.0. The van der Waals surface area contributed by atoms with Crippen LogP contribution >= 0.6 is 24.8 Å². The predicted octanol–water partition coefficient (Wildman–Crippen LogP) is 14.9. The van der Waals surface area contributed by atoms with Gasteiger partial charge in [-0.15, -0.1) is 24.8 Å². The maximum absolute atomic E-state index is 3.90. The molecule has 4 aromatic carbocycles. The average Bonchev–Trinajstić information content (AvgIpc) is 3.91. The fourth-order valence-electron chi connectivity index (χ4n) is 12.4. The molecule has 286 valence electrons. The van der Waals surface area contributed by atoms with Crippen molar-refractivity contribution in [2.75, 3.05) is 0 Å². The van der Waals surface area contributed by atoms with Crippen LogP contribution in [-0.4, -0.2) is 6.88 Å². The van der Waals surface area contributed by atoms with E-state index in [9.17, 15) is 0 Å². The van der Waals surface area contributed by atoms with Crippen molar-refractivity contribution in [3.8, 4) is 22.3 Å². The molecular weight excluding hydrogens is 791 g/mol. The Balaban J connectivity index is 0.00000249. The first kappa shape index (κ1) is 41.7. The van der Waals surface area contributed by atoms with Crippen LogP contribution in [0.25, 0.3) is 34.4 Å². The van der Waals surface area contributed by atoms with Crippen molar-refractivity contribution in [3.05, 3.63) is 128 Å². The summed E-state index contributed by atoms with van der Waals surface area (Å²) >= 11 is -3.90. The molecule has 4 aliphatic carbocycles. The van der Waals surface area contributed by atoms with Crippen LogP contribution < -0.4 is 0 Å². The van der Waals surface area contributed by atoms with Gasteiger partial charge in [-0.25, -0.2) is 0 Å². The zero-order valence-electron chi connectivity index (χ0n) is 33.9. The molecule has 4 aromatic rings. The van der Waals surface area contributed by atoms with Crippen LogP contribution in [0.4, 0.5) is 0 Å². The Morgan fingerprint density at radius 1 is 0.574 bits per heavy atom. The molecule has 0 heterocycles. The van der Waals surface area contributed by atoms with E-state index in [1.807, 2.05) is 11.1 Å². The Morgan fingerprint density at radius 3 is 1.30 bits per heavy atom. The zero-order valence-corrected chi connectivity index (χ0v) is 39.4. The normalized spacial score (nSPS) is 19.9. The van der Waals surface area contributed by atoms with Crippen LogP contribution in [0.5, 0.6) is 0 Å². The molecule has 0 bridgehead atoms. The molecule has 0 aromatic heterocycles. The largest absolute Gasteiger partial charge is 0.147 e.